The van der Waals surface area contributed by atoms with Crippen molar-refractivity contribution in [3.05, 3.63) is 72.6 Å². The summed E-state index contributed by atoms with van der Waals surface area (Å²) in [5.41, 5.74) is 9.10. The number of nitrogens with zero attached hydrogens (tertiary/aromatic N) is 3. The van der Waals surface area contributed by atoms with Crippen molar-refractivity contribution < 1.29 is 9.53 Å². The molecule has 0 aliphatic rings. The zero-order valence-electron chi connectivity index (χ0n) is 12.7. The number of rotatable bonds is 5. The van der Waals surface area contributed by atoms with Gasteiger partial charge in [-0.25, -0.2) is 4.79 Å². The summed E-state index contributed by atoms with van der Waals surface area (Å²) in [6.07, 6.45) is 1.45. The van der Waals surface area contributed by atoms with Gasteiger partial charge in [0.15, 0.2) is 0 Å². The summed E-state index contributed by atoms with van der Waals surface area (Å²) in [6.45, 7) is 0. The van der Waals surface area contributed by atoms with Crippen molar-refractivity contribution in [2.24, 2.45) is 5.11 Å². The lowest BCUT2D eigenvalue weighted by Gasteiger charge is -2.06. The first kappa shape index (κ1) is 19.7. The van der Waals surface area contributed by atoms with Crippen LogP contribution in [0.2, 0.25) is 10.0 Å². The van der Waals surface area contributed by atoms with Crippen molar-refractivity contribution in [3.63, 3.8) is 0 Å². The predicted molar refractivity (Wildman–Crippen MR) is 104 cm³/mol. The molecule has 25 heavy (non-hydrogen) atoms. The van der Waals surface area contributed by atoms with Gasteiger partial charge in [-0.15, -0.1) is 0 Å². The number of carbonyl (C=O) groups is 1. The average molecular weight is 459 g/mol. The topological polar surface area (TPSA) is 75.1 Å². The molecule has 0 amide bonds. The minimum absolute atomic E-state index is 0.129. The Bertz CT molecular complexity index is 899. The lowest BCUT2D eigenvalue weighted by molar-refractivity contribution is -0.136. The van der Waals surface area contributed by atoms with Crippen molar-refractivity contribution >= 4 is 62.9 Å². The second kappa shape index (κ2) is 9.17. The van der Waals surface area contributed by atoms with Gasteiger partial charge in [-0.2, -0.15) is 0 Å². The third kappa shape index (κ3) is 5.42. The van der Waals surface area contributed by atoms with Crippen LogP contribution in [0.1, 0.15) is 5.56 Å². The van der Waals surface area contributed by atoms with Gasteiger partial charge >= 0.3 is 5.97 Å². The lowest BCUT2D eigenvalue weighted by Crippen LogP contribution is -2.02. The molecular formula is C16H10BrCl2N3O2S. The molecular weight excluding hydrogens is 449 g/mol. The fraction of sp³-hybridized carbons (Fsp3) is 0.0625. The van der Waals surface area contributed by atoms with Gasteiger partial charge in [-0.1, -0.05) is 62.1 Å². The third-order valence-corrected chi connectivity index (χ3v) is 5.34. The molecule has 0 bridgehead atoms. The number of hydrogen-bond acceptors (Lipinski definition) is 4. The predicted octanol–water partition coefficient (Wildman–Crippen LogP) is 6.73. The fourth-order valence-electron chi connectivity index (χ4n) is 1.79. The molecule has 0 spiro atoms. The van der Waals surface area contributed by atoms with E-state index in [1.165, 1.54) is 24.9 Å². The average Bonchev–Trinajstić information content (AvgIpc) is 2.59. The van der Waals surface area contributed by atoms with E-state index in [9.17, 15) is 4.79 Å². The van der Waals surface area contributed by atoms with Crippen LogP contribution in [0.5, 0.6) is 0 Å². The third-order valence-electron chi connectivity index (χ3n) is 2.94. The van der Waals surface area contributed by atoms with Crippen LogP contribution in [0.15, 0.2) is 61.5 Å². The zero-order chi connectivity index (χ0) is 18.4. The smallest absolute Gasteiger partial charge is 0.340 e. The summed E-state index contributed by atoms with van der Waals surface area (Å²) >= 11 is 16.9. The maximum absolute atomic E-state index is 11.6. The van der Waals surface area contributed by atoms with E-state index in [1.54, 1.807) is 18.2 Å². The zero-order valence-corrected chi connectivity index (χ0v) is 16.7. The molecule has 2 aromatic carbocycles. The summed E-state index contributed by atoms with van der Waals surface area (Å²) in [5.74, 6) is -0.709. The SMILES string of the molecule is COC(=O)/C(=C/c1ccc(Sc2ccc(Cl)c(Cl)c2)cc1Br)N=[N+]=[N-]. The molecule has 2 aromatic rings. The van der Waals surface area contributed by atoms with Gasteiger partial charge in [0.1, 0.15) is 5.70 Å². The van der Waals surface area contributed by atoms with Crippen LogP contribution in [-0.2, 0) is 9.53 Å². The van der Waals surface area contributed by atoms with Crippen LogP contribution in [0.25, 0.3) is 16.5 Å². The first-order chi connectivity index (χ1) is 11.9. The van der Waals surface area contributed by atoms with E-state index in [0.29, 0.717) is 15.6 Å². The van der Waals surface area contributed by atoms with Gasteiger partial charge in [0.2, 0.25) is 0 Å². The van der Waals surface area contributed by atoms with Crippen LogP contribution in [0, 0.1) is 0 Å². The highest BCUT2D eigenvalue weighted by Gasteiger charge is 2.10. The summed E-state index contributed by atoms with van der Waals surface area (Å²) in [7, 11) is 1.22. The monoisotopic (exact) mass is 457 g/mol. The van der Waals surface area contributed by atoms with Gasteiger partial charge in [0, 0.05) is 19.2 Å². The molecule has 128 valence electrons. The Balaban J connectivity index is 2.29. The minimum Gasteiger partial charge on any atom is -0.466 e. The van der Waals surface area contributed by atoms with Crippen molar-refractivity contribution in [1.29, 1.82) is 0 Å². The number of esters is 1. The molecule has 9 heteroatoms. The van der Waals surface area contributed by atoms with E-state index < -0.39 is 5.97 Å². The molecule has 0 atom stereocenters. The first-order valence-electron chi connectivity index (χ1n) is 6.72. The van der Waals surface area contributed by atoms with E-state index in [2.05, 4.69) is 30.7 Å². The van der Waals surface area contributed by atoms with E-state index in [4.69, 9.17) is 28.7 Å². The lowest BCUT2D eigenvalue weighted by atomic mass is 10.2. The largest absolute Gasteiger partial charge is 0.466 e. The molecule has 0 unspecified atom stereocenters. The van der Waals surface area contributed by atoms with Crippen molar-refractivity contribution in [2.45, 2.75) is 9.79 Å². The maximum atomic E-state index is 11.6. The Morgan fingerprint density at radius 1 is 1.24 bits per heavy atom. The molecule has 5 nitrogen and oxygen atoms in total. The van der Waals surface area contributed by atoms with Crippen LogP contribution >= 0.6 is 50.9 Å². The highest BCUT2D eigenvalue weighted by molar-refractivity contribution is 9.10. The Hall–Kier alpha value is -1.63. The van der Waals surface area contributed by atoms with E-state index in [1.807, 2.05) is 18.2 Å². The molecule has 0 radical (unpaired) electrons. The van der Waals surface area contributed by atoms with Gasteiger partial charge in [-0.3, -0.25) is 0 Å². The van der Waals surface area contributed by atoms with Gasteiger partial charge in [0.05, 0.1) is 17.2 Å². The molecule has 2 rings (SSSR count). The van der Waals surface area contributed by atoms with E-state index >= 15 is 0 Å². The summed E-state index contributed by atoms with van der Waals surface area (Å²) < 4.78 is 5.31. The normalized spacial score (nSPS) is 11.0. The number of halogens is 3. The number of hydrogen-bond donors (Lipinski definition) is 0. The highest BCUT2D eigenvalue weighted by atomic mass is 79.9. The molecule has 0 aromatic heterocycles. The van der Waals surface area contributed by atoms with E-state index in [0.717, 1.165) is 14.3 Å². The van der Waals surface area contributed by atoms with Crippen molar-refractivity contribution in [3.8, 4) is 0 Å². The van der Waals surface area contributed by atoms with Crippen LogP contribution in [0.3, 0.4) is 0 Å². The van der Waals surface area contributed by atoms with Crippen molar-refractivity contribution in [1.82, 2.24) is 0 Å². The molecule has 0 heterocycles. The summed E-state index contributed by atoms with van der Waals surface area (Å²) in [4.78, 5) is 16.1. The second-order valence-electron chi connectivity index (χ2n) is 4.57. The molecule has 0 aliphatic carbocycles. The Morgan fingerprint density at radius 2 is 1.92 bits per heavy atom. The van der Waals surface area contributed by atoms with E-state index in [-0.39, 0.29) is 5.70 Å². The molecule has 0 N–H and O–H groups in total. The number of ether oxygens (including phenoxy) is 1. The maximum Gasteiger partial charge on any atom is 0.340 e. The van der Waals surface area contributed by atoms with Gasteiger partial charge < -0.3 is 4.74 Å². The number of azide groups is 1. The number of benzene rings is 2. The molecule has 0 aliphatic heterocycles. The van der Waals surface area contributed by atoms with Crippen LogP contribution < -0.4 is 0 Å². The van der Waals surface area contributed by atoms with Crippen LogP contribution in [0.4, 0.5) is 0 Å². The highest BCUT2D eigenvalue weighted by Crippen LogP contribution is 2.34. The Morgan fingerprint density at radius 3 is 2.52 bits per heavy atom. The number of carbonyl (C=O) groups excluding carboxylic acids is 1. The molecule has 0 saturated heterocycles. The minimum atomic E-state index is -0.709. The Labute approximate surface area is 166 Å². The van der Waals surface area contributed by atoms with Gasteiger partial charge in [0.25, 0.3) is 0 Å². The second-order valence-corrected chi connectivity index (χ2v) is 7.39. The standard InChI is InChI=1S/C16H10BrCl2N3O2S/c1-24-16(23)15(21-22-20)6-9-2-3-10(7-12(9)17)25-11-4-5-13(18)14(19)8-11/h2-8H,1H3/b15-6-. The van der Waals surface area contributed by atoms with Crippen LogP contribution in [-0.4, -0.2) is 13.1 Å². The summed E-state index contributed by atoms with van der Waals surface area (Å²) in [6, 6.07) is 10.9. The number of methoxy groups -OCH3 is 1. The Kier molecular flexibility index (Phi) is 7.23. The van der Waals surface area contributed by atoms with Gasteiger partial charge in [-0.05, 0) is 47.5 Å². The quantitative estimate of drug-likeness (QED) is 0.164. The first-order valence-corrected chi connectivity index (χ1v) is 9.08. The fourth-order valence-corrected chi connectivity index (χ4v) is 3.70. The van der Waals surface area contributed by atoms with Crippen molar-refractivity contribution in [2.75, 3.05) is 7.11 Å². The summed E-state index contributed by atoms with van der Waals surface area (Å²) in [5, 5.41) is 4.34. The molecule has 0 saturated carbocycles. The molecule has 0 fully saturated rings.